The van der Waals surface area contributed by atoms with E-state index in [9.17, 15) is 45.6 Å². The molecule has 0 unspecified atom stereocenters. The molecule has 55 heavy (non-hydrogen) atoms. The first-order chi connectivity index (χ1) is 25.9. The van der Waals surface area contributed by atoms with Crippen molar-refractivity contribution in [2.24, 2.45) is 50.2 Å². The summed E-state index contributed by atoms with van der Waals surface area (Å²) >= 11 is 0. The Balaban J connectivity index is 1.31. The number of hydrogen-bond donors (Lipinski definition) is 8. The lowest BCUT2D eigenvalue weighted by molar-refractivity contribution is -0.340. The Morgan fingerprint density at radius 2 is 1.64 bits per heavy atom. The second-order valence-electron chi connectivity index (χ2n) is 19.5. The number of ether oxygens (including phenoxy) is 3. The molecule has 4 saturated carbocycles. The highest BCUT2D eigenvalue weighted by Crippen LogP contribution is 2.76. The molecule has 0 radical (unpaired) electrons. The van der Waals surface area contributed by atoms with Gasteiger partial charge in [-0.25, -0.2) is 0 Å². The molecule has 12 heteroatoms. The van der Waals surface area contributed by atoms with E-state index < -0.39 is 94.6 Å². The quantitative estimate of drug-likeness (QED) is 0.135. The fourth-order valence-corrected chi connectivity index (χ4v) is 13.5. The normalized spacial score (nSPS) is 50.1. The summed E-state index contributed by atoms with van der Waals surface area (Å²) in [5, 5.41) is 87.4. The van der Waals surface area contributed by atoms with Crippen LogP contribution in [0.4, 0.5) is 0 Å². The minimum absolute atomic E-state index is 0.0463. The van der Waals surface area contributed by atoms with E-state index in [1.165, 1.54) is 0 Å². The molecular formula is C43H64O12. The molecule has 17 atom stereocenters. The summed E-state index contributed by atoms with van der Waals surface area (Å²) in [4.78, 5) is 13.2. The third kappa shape index (κ3) is 6.02. The van der Waals surface area contributed by atoms with Crippen molar-refractivity contribution in [1.82, 2.24) is 0 Å². The number of aliphatic hydroxyl groups excluding tert-OH is 7. The number of rotatable bonds is 9. The fraction of sp³-hybridized carbons (Fsp3) is 0.791. The van der Waals surface area contributed by atoms with E-state index in [2.05, 4.69) is 26.8 Å². The van der Waals surface area contributed by atoms with E-state index in [4.69, 9.17) is 14.2 Å². The number of benzene rings is 1. The van der Waals surface area contributed by atoms with Gasteiger partial charge in [-0.05, 0) is 96.3 Å². The Labute approximate surface area is 324 Å². The van der Waals surface area contributed by atoms with E-state index >= 15 is 0 Å². The van der Waals surface area contributed by atoms with Crippen molar-refractivity contribution < 1.29 is 59.9 Å². The van der Waals surface area contributed by atoms with Gasteiger partial charge in [0.1, 0.15) is 23.7 Å². The van der Waals surface area contributed by atoms with Crippen LogP contribution in [0, 0.1) is 50.2 Å². The zero-order valence-electron chi connectivity index (χ0n) is 33.0. The first-order valence-corrected chi connectivity index (χ1v) is 20.3. The maximum absolute atomic E-state index is 13.2. The molecular weight excluding hydrogens is 708 g/mol. The largest absolute Gasteiger partial charge is 0.481 e. The van der Waals surface area contributed by atoms with Crippen LogP contribution < -0.4 is 0 Å². The third-order valence-electron chi connectivity index (χ3n) is 16.9. The second-order valence-corrected chi connectivity index (χ2v) is 19.5. The molecule has 0 bridgehead atoms. The van der Waals surface area contributed by atoms with Crippen molar-refractivity contribution >= 4 is 5.97 Å². The monoisotopic (exact) mass is 772 g/mol. The zero-order chi connectivity index (χ0) is 39.9. The topological polar surface area (TPSA) is 207 Å². The molecule has 12 nitrogen and oxygen atoms in total. The van der Waals surface area contributed by atoms with Crippen LogP contribution in [0.2, 0.25) is 0 Å². The first kappa shape index (κ1) is 41.2. The predicted octanol–water partition coefficient (Wildman–Crippen LogP) is 3.17. The van der Waals surface area contributed by atoms with Gasteiger partial charge in [0.15, 0.2) is 6.29 Å². The molecule has 7 rings (SSSR count). The molecule has 0 aromatic heterocycles. The van der Waals surface area contributed by atoms with E-state index in [0.717, 1.165) is 17.6 Å². The molecule has 6 aliphatic rings. The fourth-order valence-electron chi connectivity index (χ4n) is 13.5. The second kappa shape index (κ2) is 14.4. The summed E-state index contributed by atoms with van der Waals surface area (Å²) < 4.78 is 19.2. The van der Waals surface area contributed by atoms with E-state index in [0.29, 0.717) is 38.5 Å². The minimum Gasteiger partial charge on any atom is -0.481 e. The first-order valence-electron chi connectivity index (χ1n) is 20.3. The number of carbonyl (C=O) groups is 1. The minimum atomic E-state index is -1.56. The van der Waals surface area contributed by atoms with E-state index in [1.54, 1.807) is 0 Å². The van der Waals surface area contributed by atoms with Gasteiger partial charge in [-0.3, -0.25) is 4.79 Å². The number of fused-ring (bicyclic) bond motifs is 7. The van der Waals surface area contributed by atoms with Gasteiger partial charge >= 0.3 is 5.97 Å². The van der Waals surface area contributed by atoms with Crippen molar-refractivity contribution in [2.75, 3.05) is 19.8 Å². The summed E-state index contributed by atoms with van der Waals surface area (Å²) in [5.74, 6) is -1.57. The van der Waals surface area contributed by atoms with Crippen LogP contribution in [-0.2, 0) is 25.6 Å². The van der Waals surface area contributed by atoms with Gasteiger partial charge in [0, 0.05) is 12.0 Å². The number of carboxylic acids is 1. The molecule has 5 fully saturated rings. The van der Waals surface area contributed by atoms with Crippen molar-refractivity contribution in [3.8, 4) is 0 Å². The summed E-state index contributed by atoms with van der Waals surface area (Å²) in [6.07, 6.45) is -3.10. The molecule has 1 heterocycles. The van der Waals surface area contributed by atoms with E-state index in [1.807, 2.05) is 44.2 Å². The Bertz CT molecular complexity index is 1610. The Kier molecular flexibility index (Phi) is 10.8. The van der Waals surface area contributed by atoms with Crippen molar-refractivity contribution in [3.05, 3.63) is 47.5 Å². The van der Waals surface area contributed by atoms with Gasteiger partial charge in [0.05, 0.1) is 44.2 Å². The summed E-state index contributed by atoms with van der Waals surface area (Å²) in [6, 6.07) is 9.72. The summed E-state index contributed by atoms with van der Waals surface area (Å²) in [5.41, 5.74) is -2.28. The Morgan fingerprint density at radius 3 is 2.29 bits per heavy atom. The molecule has 8 N–H and O–H groups in total. The van der Waals surface area contributed by atoms with E-state index in [-0.39, 0.29) is 43.5 Å². The van der Waals surface area contributed by atoms with Gasteiger partial charge < -0.3 is 55.1 Å². The summed E-state index contributed by atoms with van der Waals surface area (Å²) in [7, 11) is 0. The molecule has 5 aliphatic carbocycles. The average Bonchev–Trinajstić information content (AvgIpc) is 3.15. The van der Waals surface area contributed by atoms with Crippen molar-refractivity contribution in [1.29, 1.82) is 0 Å². The smallest absolute Gasteiger partial charge is 0.312 e. The highest BCUT2D eigenvalue weighted by Gasteiger charge is 2.73. The number of aliphatic carboxylic acids is 1. The van der Waals surface area contributed by atoms with Gasteiger partial charge in [0.2, 0.25) is 0 Å². The van der Waals surface area contributed by atoms with Crippen LogP contribution in [0.5, 0.6) is 0 Å². The van der Waals surface area contributed by atoms with Gasteiger partial charge in [0.25, 0.3) is 0 Å². The number of aliphatic hydroxyl groups is 7. The third-order valence-corrected chi connectivity index (χ3v) is 16.9. The maximum atomic E-state index is 13.2. The van der Waals surface area contributed by atoms with Crippen molar-refractivity contribution in [2.45, 2.75) is 142 Å². The predicted molar refractivity (Wildman–Crippen MR) is 200 cm³/mol. The van der Waals surface area contributed by atoms with Crippen LogP contribution in [0.15, 0.2) is 42.0 Å². The lowest BCUT2D eigenvalue weighted by atomic mass is 9.33. The average molecular weight is 773 g/mol. The molecule has 0 amide bonds. The molecule has 0 spiro atoms. The van der Waals surface area contributed by atoms with Crippen LogP contribution >= 0.6 is 0 Å². The molecule has 308 valence electrons. The molecule has 1 saturated heterocycles. The Morgan fingerprint density at radius 1 is 0.927 bits per heavy atom. The standard InChI is InChI=1S/C43H64O12/c1-38(23-45)17-26-25-11-12-29-39(2)18-28(53-21-24-9-7-6-8-10-24)35(55-36-34(50)33(49)27(46)22-54-36)42(5,32(48)20-44)30(39)13-14-41(29,4)40(25,3)15-16-43(26,37(51)52)31(47)19-38/h6-11,26-36,44-50H,12-23H2,1-5H3,(H,51,52)/t26-,27+,28+,29+,30+,31+,32+,33-,34+,35+,36+,38+,39+,40+,41+,42+,43+/m0/s1. The lowest BCUT2D eigenvalue weighted by Crippen LogP contribution is -2.71. The summed E-state index contributed by atoms with van der Waals surface area (Å²) in [6.45, 7) is 10.1. The molecule has 1 aromatic rings. The van der Waals surface area contributed by atoms with Gasteiger partial charge in [-0.15, -0.1) is 0 Å². The SMILES string of the molecule is C[C@]1(CO)C[C@@H](O)[C@@]2(C(=O)O)CC[C@]3(C)C(=CC[C@@H]4[C@@]5(C)C[C@@H](OCc6ccccc6)[C@@H](O[C@H]6OC[C@@H](O)[C@H](O)[C@H]6O)[C@@](C)([C@H](O)CO)[C@@H]5CC[C@]43C)[C@@H]2C1. The zero-order valence-corrected chi connectivity index (χ0v) is 33.0. The molecule has 1 aromatic carbocycles. The number of hydrogen-bond acceptors (Lipinski definition) is 11. The van der Waals surface area contributed by atoms with Crippen molar-refractivity contribution in [3.63, 3.8) is 0 Å². The highest BCUT2D eigenvalue weighted by atomic mass is 16.7. The Hall–Kier alpha value is -1.97. The van der Waals surface area contributed by atoms with Crippen LogP contribution in [0.1, 0.15) is 91.5 Å². The highest BCUT2D eigenvalue weighted by molar-refractivity contribution is 5.77. The van der Waals surface area contributed by atoms with Crippen LogP contribution in [0.25, 0.3) is 0 Å². The maximum Gasteiger partial charge on any atom is 0.312 e. The van der Waals surface area contributed by atoms with Crippen LogP contribution in [-0.4, -0.2) is 116 Å². The van der Waals surface area contributed by atoms with Crippen LogP contribution in [0.3, 0.4) is 0 Å². The van der Waals surface area contributed by atoms with Gasteiger partial charge in [-0.1, -0.05) is 76.6 Å². The van der Waals surface area contributed by atoms with Gasteiger partial charge in [-0.2, -0.15) is 0 Å². The lowest BCUT2D eigenvalue weighted by Gasteiger charge is -2.72. The number of allylic oxidation sites excluding steroid dienone is 2. The number of carboxylic acid groups (broad SMARTS) is 1. The molecule has 1 aliphatic heterocycles.